The molecule has 0 bridgehead atoms. The largest absolute Gasteiger partial charge is 0.397 e. The number of hydrogen-bond donors (Lipinski definition) is 1. The predicted octanol–water partition coefficient (Wildman–Crippen LogP) is 5.35. The van der Waals surface area contributed by atoms with Crippen LogP contribution in [-0.4, -0.2) is 9.97 Å². The monoisotopic (exact) mass is 383 g/mol. The highest BCUT2D eigenvalue weighted by Gasteiger charge is 2.13. The van der Waals surface area contributed by atoms with Crippen LogP contribution >= 0.6 is 36.8 Å². The van der Waals surface area contributed by atoms with Gasteiger partial charge in [-0.1, -0.05) is 13.8 Å². The quantitative estimate of drug-likeness (QED) is 0.569. The van der Waals surface area contributed by atoms with Gasteiger partial charge in [0.2, 0.25) is 0 Å². The van der Waals surface area contributed by atoms with Crippen molar-refractivity contribution in [1.29, 1.82) is 0 Å². The van der Waals surface area contributed by atoms with E-state index < -0.39 is 0 Å². The van der Waals surface area contributed by atoms with E-state index in [1.165, 1.54) is 27.5 Å². The van der Waals surface area contributed by atoms with E-state index in [1.54, 1.807) is 0 Å². The molecular weight excluding hydrogens is 366 g/mol. The number of anilines is 1. The molecule has 0 aliphatic carbocycles. The molecule has 2 aromatic rings. The van der Waals surface area contributed by atoms with Crippen LogP contribution in [0.15, 0.2) is 33.1 Å². The van der Waals surface area contributed by atoms with Gasteiger partial charge in [0.15, 0.2) is 5.16 Å². The normalized spacial score (nSPS) is 11.1. The Morgan fingerprint density at radius 2 is 1.62 bits per heavy atom. The summed E-state index contributed by atoms with van der Waals surface area (Å²) in [7, 11) is 1.49. The molecule has 1 heterocycles. The standard InChI is InChI=1S/C15H18BrN3S2/c1-8(2)11-6-12(14(17)13(7-11)21-16)20-15-18-9(3)5-10(4)19-15/h5-8H,17H2,1-4H3. The van der Waals surface area contributed by atoms with E-state index in [0.717, 1.165) is 32.0 Å². The van der Waals surface area contributed by atoms with Gasteiger partial charge in [-0.05, 0) is 80.3 Å². The Balaban J connectivity index is 2.45. The van der Waals surface area contributed by atoms with E-state index in [1.807, 2.05) is 19.9 Å². The number of nitrogen functional groups attached to an aromatic ring is 1. The molecule has 0 saturated carbocycles. The second kappa shape index (κ2) is 7.03. The minimum atomic E-state index is 0.448. The Morgan fingerprint density at radius 1 is 1.05 bits per heavy atom. The minimum Gasteiger partial charge on any atom is -0.397 e. The predicted molar refractivity (Wildman–Crippen MR) is 95.4 cm³/mol. The smallest absolute Gasteiger partial charge is 0.192 e. The maximum Gasteiger partial charge on any atom is 0.192 e. The Bertz CT molecular complexity index is 639. The van der Waals surface area contributed by atoms with Crippen molar-refractivity contribution in [1.82, 2.24) is 9.97 Å². The SMILES string of the molecule is Cc1cc(C)nc(Sc2cc(C(C)C)cc(SBr)c2N)n1. The summed E-state index contributed by atoms with van der Waals surface area (Å²) < 4.78 is 0. The first-order chi connectivity index (χ1) is 9.90. The van der Waals surface area contributed by atoms with Crippen LogP contribution in [-0.2, 0) is 0 Å². The fraction of sp³-hybridized carbons (Fsp3) is 0.333. The van der Waals surface area contributed by atoms with Crippen LogP contribution in [0.2, 0.25) is 0 Å². The molecule has 0 unspecified atom stereocenters. The third-order valence-corrected chi connectivity index (χ3v) is 5.51. The molecule has 1 aromatic carbocycles. The lowest BCUT2D eigenvalue weighted by atomic mass is 10.0. The summed E-state index contributed by atoms with van der Waals surface area (Å²) in [5, 5.41) is 0.741. The number of hydrogen-bond acceptors (Lipinski definition) is 5. The molecule has 0 saturated heterocycles. The number of rotatable bonds is 4. The number of aromatic nitrogens is 2. The molecule has 112 valence electrons. The van der Waals surface area contributed by atoms with Gasteiger partial charge in [0.1, 0.15) is 0 Å². The molecule has 2 N–H and O–H groups in total. The van der Waals surface area contributed by atoms with Crippen LogP contribution in [0.25, 0.3) is 0 Å². The van der Waals surface area contributed by atoms with E-state index in [9.17, 15) is 0 Å². The van der Waals surface area contributed by atoms with Gasteiger partial charge in [0.25, 0.3) is 0 Å². The van der Waals surface area contributed by atoms with Crippen molar-refractivity contribution in [3.63, 3.8) is 0 Å². The lowest BCUT2D eigenvalue weighted by Crippen LogP contribution is -1.98. The highest BCUT2D eigenvalue weighted by Crippen LogP contribution is 2.40. The summed E-state index contributed by atoms with van der Waals surface area (Å²) in [5.74, 6) is 0.448. The van der Waals surface area contributed by atoms with Crippen molar-refractivity contribution < 1.29 is 0 Å². The third kappa shape index (κ3) is 4.14. The summed E-state index contributed by atoms with van der Waals surface area (Å²) >= 11 is 4.95. The summed E-state index contributed by atoms with van der Waals surface area (Å²) in [6.07, 6.45) is 0. The average molecular weight is 384 g/mol. The van der Waals surface area contributed by atoms with E-state index in [-0.39, 0.29) is 0 Å². The zero-order valence-corrected chi connectivity index (χ0v) is 15.7. The molecule has 6 heteroatoms. The number of nitrogens with two attached hydrogens (primary N) is 1. The minimum absolute atomic E-state index is 0.448. The number of benzene rings is 1. The topological polar surface area (TPSA) is 51.8 Å². The summed E-state index contributed by atoms with van der Waals surface area (Å²) in [6, 6.07) is 6.24. The number of nitrogens with zero attached hydrogens (tertiary/aromatic N) is 2. The highest BCUT2D eigenvalue weighted by atomic mass is 79.9. The van der Waals surface area contributed by atoms with Gasteiger partial charge >= 0.3 is 0 Å². The molecule has 0 aliphatic rings. The fourth-order valence-corrected chi connectivity index (χ4v) is 4.17. The van der Waals surface area contributed by atoms with Gasteiger partial charge in [0, 0.05) is 21.2 Å². The number of aryl methyl sites for hydroxylation is 2. The molecule has 2 rings (SSSR count). The first-order valence-electron chi connectivity index (χ1n) is 6.63. The van der Waals surface area contributed by atoms with Gasteiger partial charge in [-0.25, -0.2) is 9.97 Å². The van der Waals surface area contributed by atoms with Crippen molar-refractivity contribution >= 4 is 42.5 Å². The molecule has 0 spiro atoms. The van der Waals surface area contributed by atoms with Crippen molar-refractivity contribution in [2.75, 3.05) is 5.73 Å². The molecule has 0 fully saturated rings. The van der Waals surface area contributed by atoms with Crippen molar-refractivity contribution in [3.8, 4) is 0 Å². The van der Waals surface area contributed by atoms with Crippen molar-refractivity contribution in [3.05, 3.63) is 35.2 Å². The first-order valence-corrected chi connectivity index (χ1v) is 10.1. The second-order valence-electron chi connectivity index (χ2n) is 5.20. The molecule has 0 amide bonds. The zero-order valence-electron chi connectivity index (χ0n) is 12.5. The third-order valence-electron chi connectivity index (χ3n) is 3.04. The second-order valence-corrected chi connectivity index (χ2v) is 7.77. The fourth-order valence-electron chi connectivity index (χ4n) is 1.94. The van der Waals surface area contributed by atoms with Crippen LogP contribution in [0.5, 0.6) is 0 Å². The zero-order chi connectivity index (χ0) is 15.6. The number of halogens is 1. The molecule has 3 nitrogen and oxygen atoms in total. The Hall–Kier alpha value is -0.720. The van der Waals surface area contributed by atoms with Gasteiger partial charge in [-0.2, -0.15) is 0 Å². The van der Waals surface area contributed by atoms with E-state index in [0.29, 0.717) is 5.92 Å². The molecule has 1 aromatic heterocycles. The lowest BCUT2D eigenvalue weighted by molar-refractivity contribution is 0.856. The Labute approximate surface area is 141 Å². The maximum absolute atomic E-state index is 6.26. The van der Waals surface area contributed by atoms with Gasteiger partial charge in [-0.15, -0.1) is 0 Å². The molecule has 0 atom stereocenters. The van der Waals surface area contributed by atoms with Crippen molar-refractivity contribution in [2.45, 2.75) is 48.6 Å². The van der Waals surface area contributed by atoms with Crippen LogP contribution in [0.4, 0.5) is 5.69 Å². The summed E-state index contributed by atoms with van der Waals surface area (Å²) in [6.45, 7) is 8.31. The van der Waals surface area contributed by atoms with Gasteiger partial charge in [0.05, 0.1) is 5.69 Å². The first kappa shape index (κ1) is 16.6. The van der Waals surface area contributed by atoms with E-state index >= 15 is 0 Å². The van der Waals surface area contributed by atoms with Crippen LogP contribution in [0.3, 0.4) is 0 Å². The highest BCUT2D eigenvalue weighted by molar-refractivity contribution is 9.50. The Morgan fingerprint density at radius 3 is 2.14 bits per heavy atom. The molecule has 0 aliphatic heterocycles. The van der Waals surface area contributed by atoms with E-state index in [2.05, 4.69) is 50.8 Å². The summed E-state index contributed by atoms with van der Waals surface area (Å²) in [5.41, 5.74) is 10.2. The molecule has 21 heavy (non-hydrogen) atoms. The van der Waals surface area contributed by atoms with E-state index in [4.69, 9.17) is 5.73 Å². The van der Waals surface area contributed by atoms with Crippen LogP contribution < -0.4 is 5.73 Å². The lowest BCUT2D eigenvalue weighted by Gasteiger charge is -2.13. The summed E-state index contributed by atoms with van der Waals surface area (Å²) in [4.78, 5) is 11.0. The van der Waals surface area contributed by atoms with Crippen LogP contribution in [0.1, 0.15) is 36.7 Å². The average Bonchev–Trinajstić information content (AvgIpc) is 2.39. The molecule has 0 radical (unpaired) electrons. The van der Waals surface area contributed by atoms with Gasteiger partial charge < -0.3 is 5.73 Å². The Kier molecular flexibility index (Phi) is 5.57. The van der Waals surface area contributed by atoms with Gasteiger partial charge in [-0.3, -0.25) is 0 Å². The maximum atomic E-state index is 6.26. The van der Waals surface area contributed by atoms with Crippen molar-refractivity contribution in [2.24, 2.45) is 0 Å². The van der Waals surface area contributed by atoms with Crippen LogP contribution in [0, 0.1) is 13.8 Å². The molecular formula is C15H18BrN3S2.